The number of aryl methyl sites for hydroxylation is 1. The average molecular weight is 272 g/mol. The molecular weight excluding hydrogens is 256 g/mol. The minimum atomic E-state index is -0.242. The fourth-order valence-electron chi connectivity index (χ4n) is 2.26. The number of carbonyl (C=O) groups excluding carboxylic acids is 1. The van der Waals surface area contributed by atoms with Crippen LogP contribution >= 0.6 is 0 Å². The Bertz CT molecular complexity index is 623. The number of fused-ring (bicyclic) bond motifs is 1. The molecule has 7 nitrogen and oxygen atoms in total. The molecular formula is C13H16N6O. The fraction of sp³-hybridized carbons (Fsp3) is 0.385. The van der Waals surface area contributed by atoms with Gasteiger partial charge in [-0.1, -0.05) is 0 Å². The van der Waals surface area contributed by atoms with Crippen LogP contribution in [-0.2, 0) is 24.3 Å². The van der Waals surface area contributed by atoms with Crippen molar-refractivity contribution < 1.29 is 4.79 Å². The minimum Gasteiger partial charge on any atom is -0.349 e. The van der Waals surface area contributed by atoms with Crippen LogP contribution in [-0.4, -0.2) is 31.9 Å². The van der Waals surface area contributed by atoms with E-state index in [9.17, 15) is 4.79 Å². The van der Waals surface area contributed by atoms with Gasteiger partial charge in [-0.15, -0.1) is 0 Å². The molecule has 2 aromatic heterocycles. The molecule has 0 spiro atoms. The monoisotopic (exact) mass is 272 g/mol. The molecule has 1 aliphatic rings. The predicted molar refractivity (Wildman–Crippen MR) is 71.5 cm³/mol. The summed E-state index contributed by atoms with van der Waals surface area (Å²) >= 11 is 0. The van der Waals surface area contributed by atoms with E-state index in [2.05, 4.69) is 30.6 Å². The summed E-state index contributed by atoms with van der Waals surface area (Å²) in [5.41, 5.74) is 2.82. The zero-order valence-corrected chi connectivity index (χ0v) is 11.2. The second-order valence-electron chi connectivity index (χ2n) is 4.78. The first-order valence-electron chi connectivity index (χ1n) is 6.53. The van der Waals surface area contributed by atoms with Crippen LogP contribution in [0.3, 0.4) is 0 Å². The second-order valence-corrected chi connectivity index (χ2v) is 4.78. The highest BCUT2D eigenvalue weighted by Gasteiger charge is 2.25. The van der Waals surface area contributed by atoms with Crippen LogP contribution in [0.1, 0.15) is 22.9 Å². The molecule has 0 aromatic carbocycles. The van der Waals surface area contributed by atoms with Crippen molar-refractivity contribution in [3.05, 3.63) is 41.5 Å². The lowest BCUT2D eigenvalue weighted by Crippen LogP contribution is -2.47. The van der Waals surface area contributed by atoms with Crippen LogP contribution in [0.25, 0.3) is 0 Å². The van der Waals surface area contributed by atoms with Crippen molar-refractivity contribution >= 4 is 5.91 Å². The third-order valence-corrected chi connectivity index (χ3v) is 3.32. The third kappa shape index (κ3) is 2.67. The molecule has 0 fully saturated rings. The Morgan fingerprint density at radius 2 is 2.40 bits per heavy atom. The number of H-pyrrole nitrogens is 1. The minimum absolute atomic E-state index is 0.0325. The summed E-state index contributed by atoms with van der Waals surface area (Å²) in [6.45, 7) is 2.88. The van der Waals surface area contributed by atoms with E-state index in [0.717, 1.165) is 17.1 Å². The van der Waals surface area contributed by atoms with Crippen molar-refractivity contribution in [3.63, 3.8) is 0 Å². The molecule has 3 rings (SSSR count). The van der Waals surface area contributed by atoms with E-state index in [-0.39, 0.29) is 11.9 Å². The van der Waals surface area contributed by atoms with E-state index in [1.54, 1.807) is 18.6 Å². The molecule has 3 heterocycles. The Kier molecular flexibility index (Phi) is 3.42. The van der Waals surface area contributed by atoms with Gasteiger partial charge < -0.3 is 10.3 Å². The maximum atomic E-state index is 12.1. The first kappa shape index (κ1) is 12.7. The molecule has 1 unspecified atom stereocenters. The second kappa shape index (κ2) is 5.38. The summed E-state index contributed by atoms with van der Waals surface area (Å²) in [6, 6.07) is 1.56. The van der Waals surface area contributed by atoms with Gasteiger partial charge in [-0.25, -0.2) is 15.0 Å². The number of hydrogen-bond acceptors (Lipinski definition) is 5. The standard InChI is InChI=1S/C13H16N6O/c1-8-14-3-2-9(19-8)5-16-13(20)11-4-10-12(6-15-11)18-7-17-10/h2-3,7,11,15H,4-6H2,1H3,(H,16,20)(H,17,18). The number of rotatable bonds is 3. The molecule has 3 N–H and O–H groups in total. The summed E-state index contributed by atoms with van der Waals surface area (Å²) in [5.74, 6) is 0.670. The first-order chi connectivity index (χ1) is 9.72. The van der Waals surface area contributed by atoms with Crippen LogP contribution in [0.15, 0.2) is 18.6 Å². The quantitative estimate of drug-likeness (QED) is 0.721. The zero-order valence-electron chi connectivity index (χ0n) is 11.2. The van der Waals surface area contributed by atoms with Crippen molar-refractivity contribution in [3.8, 4) is 0 Å². The molecule has 0 radical (unpaired) electrons. The van der Waals surface area contributed by atoms with Gasteiger partial charge in [-0.2, -0.15) is 0 Å². The highest BCUT2D eigenvalue weighted by molar-refractivity contribution is 5.82. The number of amides is 1. The molecule has 1 aliphatic heterocycles. The molecule has 104 valence electrons. The Hall–Kier alpha value is -2.28. The van der Waals surface area contributed by atoms with Crippen LogP contribution in [0.5, 0.6) is 0 Å². The zero-order chi connectivity index (χ0) is 13.9. The Morgan fingerprint density at radius 3 is 3.25 bits per heavy atom. The normalized spacial score (nSPS) is 17.6. The number of carbonyl (C=O) groups is 1. The van der Waals surface area contributed by atoms with Gasteiger partial charge in [0.1, 0.15) is 5.82 Å². The molecule has 7 heteroatoms. The van der Waals surface area contributed by atoms with Crippen molar-refractivity contribution in [2.75, 3.05) is 0 Å². The molecule has 1 atom stereocenters. The van der Waals surface area contributed by atoms with Crippen molar-refractivity contribution in [2.24, 2.45) is 0 Å². The summed E-state index contributed by atoms with van der Waals surface area (Å²) in [5, 5.41) is 6.08. The number of nitrogens with one attached hydrogen (secondary N) is 3. The van der Waals surface area contributed by atoms with Gasteiger partial charge in [0.25, 0.3) is 0 Å². The highest BCUT2D eigenvalue weighted by Crippen LogP contribution is 2.12. The molecule has 0 bridgehead atoms. The van der Waals surface area contributed by atoms with Crippen LogP contribution < -0.4 is 10.6 Å². The van der Waals surface area contributed by atoms with Crippen molar-refractivity contribution in [1.29, 1.82) is 0 Å². The van der Waals surface area contributed by atoms with E-state index in [1.807, 2.05) is 6.92 Å². The maximum Gasteiger partial charge on any atom is 0.237 e. The molecule has 20 heavy (non-hydrogen) atoms. The Balaban J connectivity index is 1.58. The molecule has 0 saturated carbocycles. The summed E-state index contributed by atoms with van der Waals surface area (Å²) in [7, 11) is 0. The Labute approximate surface area is 116 Å². The van der Waals surface area contributed by atoms with Gasteiger partial charge in [0, 0.05) is 19.2 Å². The van der Waals surface area contributed by atoms with E-state index >= 15 is 0 Å². The summed E-state index contributed by atoms with van der Waals surface area (Å²) in [6.07, 6.45) is 3.96. The van der Waals surface area contributed by atoms with Gasteiger partial charge >= 0.3 is 0 Å². The number of nitrogens with zero attached hydrogens (tertiary/aromatic N) is 3. The highest BCUT2D eigenvalue weighted by atomic mass is 16.2. The van der Waals surface area contributed by atoms with Gasteiger partial charge in [0.15, 0.2) is 0 Å². The third-order valence-electron chi connectivity index (χ3n) is 3.32. The van der Waals surface area contributed by atoms with Gasteiger partial charge in [-0.3, -0.25) is 10.1 Å². The topological polar surface area (TPSA) is 95.6 Å². The summed E-state index contributed by atoms with van der Waals surface area (Å²) < 4.78 is 0. The van der Waals surface area contributed by atoms with E-state index in [4.69, 9.17) is 0 Å². The average Bonchev–Trinajstić information content (AvgIpc) is 2.92. The largest absolute Gasteiger partial charge is 0.349 e. The Morgan fingerprint density at radius 1 is 1.50 bits per heavy atom. The fourth-order valence-corrected chi connectivity index (χ4v) is 2.26. The summed E-state index contributed by atoms with van der Waals surface area (Å²) in [4.78, 5) is 27.7. The number of hydrogen-bond donors (Lipinski definition) is 3. The molecule has 0 aliphatic carbocycles. The van der Waals surface area contributed by atoms with Gasteiger partial charge in [-0.05, 0) is 13.0 Å². The lowest BCUT2D eigenvalue weighted by molar-refractivity contribution is -0.123. The molecule has 0 saturated heterocycles. The van der Waals surface area contributed by atoms with Crippen LogP contribution in [0, 0.1) is 6.92 Å². The molecule has 2 aromatic rings. The van der Waals surface area contributed by atoms with E-state index < -0.39 is 0 Å². The maximum absolute atomic E-state index is 12.1. The lowest BCUT2D eigenvalue weighted by atomic mass is 10.0. The van der Waals surface area contributed by atoms with Crippen LogP contribution in [0.2, 0.25) is 0 Å². The van der Waals surface area contributed by atoms with E-state index in [1.165, 1.54) is 0 Å². The number of imidazole rings is 1. The van der Waals surface area contributed by atoms with E-state index in [0.29, 0.717) is 25.3 Å². The molecule has 1 amide bonds. The first-order valence-corrected chi connectivity index (χ1v) is 6.53. The van der Waals surface area contributed by atoms with Crippen LogP contribution in [0.4, 0.5) is 0 Å². The van der Waals surface area contributed by atoms with Gasteiger partial charge in [0.2, 0.25) is 5.91 Å². The smallest absolute Gasteiger partial charge is 0.237 e. The van der Waals surface area contributed by atoms with Crippen molar-refractivity contribution in [2.45, 2.75) is 32.5 Å². The SMILES string of the molecule is Cc1nccc(CNC(=O)C2Cc3nc[nH]c3CN2)n1. The number of aromatic nitrogens is 4. The predicted octanol–water partition coefficient (Wildman–Crippen LogP) is -0.161. The van der Waals surface area contributed by atoms with Crippen molar-refractivity contribution in [1.82, 2.24) is 30.6 Å². The number of aromatic amines is 1. The lowest BCUT2D eigenvalue weighted by Gasteiger charge is -2.22. The van der Waals surface area contributed by atoms with Gasteiger partial charge in [0.05, 0.1) is 36.0 Å².